The molecule has 0 aromatic rings. The molecule has 0 spiro atoms. The largest absolute Gasteiger partial charge is 0.385 e. The summed E-state index contributed by atoms with van der Waals surface area (Å²) in [4.78, 5) is 9.46. The zero-order valence-electron chi connectivity index (χ0n) is 3.92. The van der Waals surface area contributed by atoms with Crippen LogP contribution in [0.2, 0.25) is 0 Å². The van der Waals surface area contributed by atoms with Crippen LogP contribution in [0.1, 0.15) is 6.42 Å². The quantitative estimate of drug-likeness (QED) is 0.470. The predicted octanol–water partition coefficient (Wildman–Crippen LogP) is -1.19. The number of nitrogens with two attached hydrogens (primary N) is 1. The Hall–Kier alpha value is -0.410. The van der Waals surface area contributed by atoms with Crippen LogP contribution in [0.15, 0.2) is 0 Å². The second kappa shape index (κ2) is 3.77. The summed E-state index contributed by atoms with van der Waals surface area (Å²) in [5, 5.41) is 8.35. The van der Waals surface area contributed by atoms with E-state index in [9.17, 15) is 4.79 Å². The Kier molecular flexibility index (Phi) is 3.55. The molecule has 3 nitrogen and oxygen atoms in total. The van der Waals surface area contributed by atoms with Gasteiger partial charge in [0.05, 0.1) is 0 Å². The summed E-state index contributed by atoms with van der Waals surface area (Å²) < 4.78 is 0. The lowest BCUT2D eigenvalue weighted by Crippen LogP contribution is -2.13. The molecule has 0 heterocycles. The number of rotatable bonds is 3. The molecule has 0 rings (SSSR count). The molecule has 0 unspecified atom stereocenters. The first-order valence-corrected chi connectivity index (χ1v) is 2.07. The van der Waals surface area contributed by atoms with E-state index in [1.165, 1.54) is 6.29 Å². The summed E-state index contributed by atoms with van der Waals surface area (Å²) in [6.45, 7) is 0.330. The van der Waals surface area contributed by atoms with Gasteiger partial charge in [0.1, 0.15) is 6.10 Å². The fourth-order valence-corrected chi connectivity index (χ4v) is 0.217. The van der Waals surface area contributed by atoms with Crippen molar-refractivity contribution < 1.29 is 9.90 Å². The minimum atomic E-state index is -0.981. The minimum Gasteiger partial charge on any atom is -0.385 e. The van der Waals surface area contributed by atoms with Gasteiger partial charge in [-0.15, -0.1) is 0 Å². The molecule has 0 amide bonds. The summed E-state index contributed by atoms with van der Waals surface area (Å²) in [5.41, 5.74) is 4.97. The van der Waals surface area contributed by atoms with Gasteiger partial charge >= 0.3 is 0 Å². The Bertz CT molecular complexity index is 55.7. The molecule has 3 N–H and O–H groups in total. The second-order valence-corrected chi connectivity index (χ2v) is 1.21. The molecule has 0 saturated heterocycles. The first kappa shape index (κ1) is 6.59. The van der Waals surface area contributed by atoms with Crippen LogP contribution in [0.25, 0.3) is 0 Å². The molecule has 0 aliphatic heterocycles. The Morgan fingerprint density at radius 2 is 2.43 bits per heavy atom. The van der Waals surface area contributed by atoms with E-state index in [-0.39, 0.29) is 0 Å². The number of aliphatic hydroxyl groups is 1. The zero-order chi connectivity index (χ0) is 5.70. The summed E-state index contributed by atoms with van der Waals surface area (Å²) in [7, 11) is 0. The summed E-state index contributed by atoms with van der Waals surface area (Å²) >= 11 is 0. The maximum Gasteiger partial charge on any atom is 0.229 e. The summed E-state index contributed by atoms with van der Waals surface area (Å²) in [6.07, 6.45) is 0.719. The molecule has 0 saturated carbocycles. The van der Waals surface area contributed by atoms with Gasteiger partial charge in [-0.1, -0.05) is 0 Å². The van der Waals surface area contributed by atoms with Crippen molar-refractivity contribution in [2.24, 2.45) is 5.73 Å². The third-order valence-corrected chi connectivity index (χ3v) is 0.576. The Morgan fingerprint density at radius 1 is 1.86 bits per heavy atom. The summed E-state index contributed by atoms with van der Waals surface area (Å²) in [6, 6.07) is 0. The molecule has 0 aromatic heterocycles. The highest BCUT2D eigenvalue weighted by Crippen LogP contribution is 1.79. The number of aliphatic hydroxyl groups excluding tert-OH is 1. The van der Waals surface area contributed by atoms with Gasteiger partial charge in [0, 0.05) is 0 Å². The molecule has 0 bridgehead atoms. The van der Waals surface area contributed by atoms with Crippen LogP contribution in [0.5, 0.6) is 0 Å². The van der Waals surface area contributed by atoms with Crippen LogP contribution in [0, 0.1) is 0 Å². The predicted molar refractivity (Wildman–Crippen MR) is 25.4 cm³/mol. The van der Waals surface area contributed by atoms with Crippen molar-refractivity contribution in [3.63, 3.8) is 0 Å². The molecule has 0 fully saturated rings. The average molecular weight is 102 g/mol. The SMILES string of the molecule is NCC[C@H](O)[C]=O. The van der Waals surface area contributed by atoms with Crippen LogP contribution in [-0.2, 0) is 4.79 Å². The van der Waals surface area contributed by atoms with Gasteiger partial charge in [-0.05, 0) is 13.0 Å². The standard InChI is InChI=1S/C4H8NO2/c5-2-1-4(7)3-6/h4,7H,1-2,5H2/t4-/m0/s1. The maximum absolute atomic E-state index is 9.46. The smallest absolute Gasteiger partial charge is 0.229 e. The van der Waals surface area contributed by atoms with Gasteiger partial charge in [0.15, 0.2) is 0 Å². The van der Waals surface area contributed by atoms with E-state index in [0.717, 1.165) is 0 Å². The fourth-order valence-electron chi connectivity index (χ4n) is 0.217. The van der Waals surface area contributed by atoms with Crippen LogP contribution in [0.3, 0.4) is 0 Å². The third-order valence-electron chi connectivity index (χ3n) is 0.576. The molecular formula is C4H8NO2. The molecule has 3 heteroatoms. The van der Waals surface area contributed by atoms with Crippen molar-refractivity contribution in [3.8, 4) is 0 Å². The molecule has 1 atom stereocenters. The highest BCUT2D eigenvalue weighted by atomic mass is 16.3. The molecule has 1 radical (unpaired) electrons. The van der Waals surface area contributed by atoms with Crippen LogP contribution in [-0.4, -0.2) is 24.0 Å². The maximum atomic E-state index is 9.46. The topological polar surface area (TPSA) is 63.3 Å². The number of hydrogen-bond donors (Lipinski definition) is 2. The Labute approximate surface area is 42.1 Å². The molecule has 0 aliphatic carbocycles. The van der Waals surface area contributed by atoms with Gasteiger partial charge in [0.2, 0.25) is 6.29 Å². The van der Waals surface area contributed by atoms with E-state index in [2.05, 4.69) is 0 Å². The lowest BCUT2D eigenvalue weighted by atomic mass is 10.3. The van der Waals surface area contributed by atoms with E-state index in [1.807, 2.05) is 0 Å². The van der Waals surface area contributed by atoms with Crippen molar-refractivity contribution in [1.29, 1.82) is 0 Å². The molecule has 41 valence electrons. The van der Waals surface area contributed by atoms with Crippen molar-refractivity contribution in [2.45, 2.75) is 12.5 Å². The first-order chi connectivity index (χ1) is 3.31. The highest BCUT2D eigenvalue weighted by molar-refractivity contribution is 5.56. The van der Waals surface area contributed by atoms with Crippen molar-refractivity contribution in [3.05, 3.63) is 0 Å². The van der Waals surface area contributed by atoms with E-state index in [0.29, 0.717) is 13.0 Å². The minimum absolute atomic E-state index is 0.309. The number of carbonyl (C=O) groups excluding carboxylic acids is 1. The van der Waals surface area contributed by atoms with Crippen LogP contribution < -0.4 is 5.73 Å². The van der Waals surface area contributed by atoms with E-state index in [1.54, 1.807) is 0 Å². The monoisotopic (exact) mass is 102 g/mol. The van der Waals surface area contributed by atoms with E-state index >= 15 is 0 Å². The molecule has 0 aliphatic rings. The van der Waals surface area contributed by atoms with Gasteiger partial charge < -0.3 is 10.8 Å². The number of hydrogen-bond acceptors (Lipinski definition) is 3. The van der Waals surface area contributed by atoms with Crippen LogP contribution >= 0.6 is 0 Å². The van der Waals surface area contributed by atoms with Crippen molar-refractivity contribution in [2.75, 3.05) is 6.54 Å². The molecule has 0 aromatic carbocycles. The second-order valence-electron chi connectivity index (χ2n) is 1.21. The van der Waals surface area contributed by atoms with Gasteiger partial charge in [0.25, 0.3) is 0 Å². The van der Waals surface area contributed by atoms with E-state index in [4.69, 9.17) is 10.8 Å². The van der Waals surface area contributed by atoms with Gasteiger partial charge in [-0.2, -0.15) is 0 Å². The van der Waals surface area contributed by atoms with Crippen molar-refractivity contribution in [1.82, 2.24) is 0 Å². The normalized spacial score (nSPS) is 13.4. The lowest BCUT2D eigenvalue weighted by molar-refractivity contribution is 0.227. The first-order valence-electron chi connectivity index (χ1n) is 2.07. The highest BCUT2D eigenvalue weighted by Gasteiger charge is 1.97. The zero-order valence-corrected chi connectivity index (χ0v) is 3.92. The fraction of sp³-hybridized carbons (Fsp3) is 0.750. The Morgan fingerprint density at radius 3 is 2.57 bits per heavy atom. The van der Waals surface area contributed by atoms with E-state index < -0.39 is 6.10 Å². The average Bonchev–Trinajstić information content (AvgIpc) is 1.68. The lowest BCUT2D eigenvalue weighted by Gasteiger charge is -1.93. The Balaban J connectivity index is 2.98. The third kappa shape index (κ3) is 3.42. The van der Waals surface area contributed by atoms with Gasteiger partial charge in [-0.3, -0.25) is 4.79 Å². The molecule has 7 heavy (non-hydrogen) atoms. The summed E-state index contributed by atoms with van der Waals surface area (Å²) in [5.74, 6) is 0. The molecular weight excluding hydrogens is 94.0 g/mol. The van der Waals surface area contributed by atoms with Gasteiger partial charge in [-0.25, -0.2) is 0 Å². The van der Waals surface area contributed by atoms with Crippen LogP contribution in [0.4, 0.5) is 0 Å². The van der Waals surface area contributed by atoms with Crippen molar-refractivity contribution >= 4 is 6.29 Å².